The van der Waals surface area contributed by atoms with Gasteiger partial charge < -0.3 is 4.74 Å². The third kappa shape index (κ3) is 5.82. The summed E-state index contributed by atoms with van der Waals surface area (Å²) in [4.78, 5) is 35.2. The average molecular weight is 340 g/mol. The minimum absolute atomic E-state index is 0.00780. The van der Waals surface area contributed by atoms with Crippen LogP contribution in [0.3, 0.4) is 0 Å². The highest BCUT2D eigenvalue weighted by Crippen LogP contribution is 2.26. The van der Waals surface area contributed by atoms with Gasteiger partial charge in [0.25, 0.3) is 0 Å². The minimum Gasteiger partial charge on any atom is -0.469 e. The van der Waals surface area contributed by atoms with Gasteiger partial charge in [0.1, 0.15) is 0 Å². The monoisotopic (exact) mass is 340 g/mol. The first-order valence-electron chi connectivity index (χ1n) is 8.71. The Labute approximate surface area is 148 Å². The second kappa shape index (κ2) is 9.72. The lowest BCUT2D eigenvalue weighted by atomic mass is 10.0. The van der Waals surface area contributed by atoms with E-state index in [2.05, 4.69) is 4.74 Å². The van der Waals surface area contributed by atoms with Crippen molar-refractivity contribution in [1.82, 2.24) is 0 Å². The van der Waals surface area contributed by atoms with Crippen LogP contribution in [-0.2, 0) is 19.1 Å². The Kier molecular flexibility index (Phi) is 7.33. The number of hydrogen-bond acceptors (Lipinski definition) is 4. The Morgan fingerprint density at radius 1 is 1.00 bits per heavy atom. The van der Waals surface area contributed by atoms with Crippen LogP contribution in [0.2, 0.25) is 0 Å². The smallest absolute Gasteiger partial charge is 0.305 e. The number of ketones is 2. The lowest BCUT2D eigenvalue weighted by molar-refractivity contribution is -0.140. The van der Waals surface area contributed by atoms with Gasteiger partial charge in [-0.25, -0.2) is 0 Å². The summed E-state index contributed by atoms with van der Waals surface area (Å²) in [5, 5.41) is 0. The van der Waals surface area contributed by atoms with Gasteiger partial charge in [0.15, 0.2) is 11.6 Å². The van der Waals surface area contributed by atoms with Gasteiger partial charge in [0.2, 0.25) is 0 Å². The number of benzene rings is 1. The summed E-state index contributed by atoms with van der Waals surface area (Å²) in [6, 6.07) is 9.72. The summed E-state index contributed by atoms with van der Waals surface area (Å²) >= 11 is 0. The Hall–Kier alpha value is -2.49. The van der Waals surface area contributed by atoms with Crippen LogP contribution >= 0.6 is 0 Å². The maximum absolute atomic E-state index is 12.1. The molecule has 4 heteroatoms. The number of hydrogen-bond donors (Lipinski definition) is 0. The van der Waals surface area contributed by atoms with E-state index in [1.54, 1.807) is 6.08 Å². The molecule has 0 aliphatic heterocycles. The molecule has 0 radical (unpaired) electrons. The molecule has 132 valence electrons. The molecule has 1 aromatic carbocycles. The van der Waals surface area contributed by atoms with Gasteiger partial charge in [-0.15, -0.1) is 0 Å². The van der Waals surface area contributed by atoms with Crippen LogP contribution in [-0.4, -0.2) is 24.6 Å². The van der Waals surface area contributed by atoms with Crippen LogP contribution in [0.5, 0.6) is 0 Å². The molecule has 2 rings (SSSR count). The highest BCUT2D eigenvalue weighted by atomic mass is 16.5. The first-order valence-corrected chi connectivity index (χ1v) is 8.71. The standard InChI is InChI=1S/C21H24O4/c1-25-21(24)12-8-3-2-7-11-17-18(20(23)15-19(17)22)14-13-16-9-5-4-6-10-16/h4-6,9-10,13-14H,2-3,7-8,11-12,15H2,1H3. The lowest BCUT2D eigenvalue weighted by Gasteiger charge is -2.03. The normalized spacial score (nSPS) is 14.6. The van der Waals surface area contributed by atoms with Crippen molar-refractivity contribution >= 4 is 23.6 Å². The van der Waals surface area contributed by atoms with Gasteiger partial charge in [-0.1, -0.05) is 55.3 Å². The Morgan fingerprint density at radius 3 is 2.44 bits per heavy atom. The van der Waals surface area contributed by atoms with Gasteiger partial charge in [-0.3, -0.25) is 14.4 Å². The van der Waals surface area contributed by atoms with Crippen molar-refractivity contribution in [2.24, 2.45) is 0 Å². The predicted molar refractivity (Wildman–Crippen MR) is 96.9 cm³/mol. The predicted octanol–water partition coefficient (Wildman–Crippen LogP) is 4.05. The molecule has 0 aromatic heterocycles. The molecule has 0 saturated heterocycles. The van der Waals surface area contributed by atoms with Crippen molar-refractivity contribution in [3.05, 3.63) is 53.1 Å². The first kappa shape index (κ1) is 18.8. The maximum atomic E-state index is 12.1. The van der Waals surface area contributed by atoms with E-state index in [4.69, 9.17) is 0 Å². The third-order valence-corrected chi connectivity index (χ3v) is 4.31. The number of ether oxygens (including phenoxy) is 1. The van der Waals surface area contributed by atoms with E-state index >= 15 is 0 Å². The lowest BCUT2D eigenvalue weighted by Crippen LogP contribution is -1.99. The molecule has 1 aliphatic carbocycles. The number of carbonyl (C=O) groups is 3. The molecule has 0 atom stereocenters. The molecule has 0 bridgehead atoms. The van der Waals surface area contributed by atoms with E-state index in [0.29, 0.717) is 24.0 Å². The summed E-state index contributed by atoms with van der Waals surface area (Å²) in [7, 11) is 1.39. The Morgan fingerprint density at radius 2 is 1.72 bits per heavy atom. The molecule has 0 N–H and O–H groups in total. The van der Waals surface area contributed by atoms with Crippen LogP contribution in [0.25, 0.3) is 6.08 Å². The second-order valence-corrected chi connectivity index (χ2v) is 6.15. The van der Waals surface area contributed by atoms with E-state index in [1.807, 2.05) is 36.4 Å². The quantitative estimate of drug-likeness (QED) is 0.386. The summed E-state index contributed by atoms with van der Waals surface area (Å²) < 4.78 is 4.61. The van der Waals surface area contributed by atoms with Crippen molar-refractivity contribution in [3.63, 3.8) is 0 Å². The molecule has 0 unspecified atom stereocenters. The summed E-state index contributed by atoms with van der Waals surface area (Å²) in [5.41, 5.74) is 2.22. The molecule has 0 spiro atoms. The zero-order chi connectivity index (χ0) is 18.1. The van der Waals surface area contributed by atoms with Crippen LogP contribution in [0.15, 0.2) is 47.6 Å². The van der Waals surface area contributed by atoms with Crippen molar-refractivity contribution in [2.75, 3.05) is 7.11 Å². The number of rotatable bonds is 9. The second-order valence-electron chi connectivity index (χ2n) is 6.15. The minimum atomic E-state index is -0.187. The van der Waals surface area contributed by atoms with E-state index in [1.165, 1.54) is 7.11 Å². The molecule has 0 heterocycles. The molecule has 25 heavy (non-hydrogen) atoms. The molecule has 0 saturated carbocycles. The summed E-state index contributed by atoms with van der Waals surface area (Å²) in [5.74, 6) is -0.322. The van der Waals surface area contributed by atoms with Crippen molar-refractivity contribution in [1.29, 1.82) is 0 Å². The highest BCUT2D eigenvalue weighted by molar-refractivity contribution is 6.23. The SMILES string of the molecule is COC(=O)CCCCCCC1=C(C=Cc2ccccc2)C(=O)CC1=O. The van der Waals surface area contributed by atoms with Gasteiger partial charge >= 0.3 is 5.97 Å². The molecule has 0 amide bonds. The molecule has 4 nitrogen and oxygen atoms in total. The molecule has 1 aromatic rings. The average Bonchev–Trinajstić information content (AvgIpc) is 2.89. The number of unbranched alkanes of at least 4 members (excludes halogenated alkanes) is 3. The highest BCUT2D eigenvalue weighted by Gasteiger charge is 2.28. The Balaban J connectivity index is 1.89. The zero-order valence-corrected chi connectivity index (χ0v) is 14.6. The van der Waals surface area contributed by atoms with Crippen LogP contribution < -0.4 is 0 Å². The van der Waals surface area contributed by atoms with Crippen LogP contribution in [0.4, 0.5) is 0 Å². The Bertz CT molecular complexity index is 683. The summed E-state index contributed by atoms with van der Waals surface area (Å²) in [6.45, 7) is 0. The van der Waals surface area contributed by atoms with Crippen molar-refractivity contribution in [2.45, 2.75) is 44.9 Å². The number of esters is 1. The van der Waals surface area contributed by atoms with Crippen LogP contribution in [0.1, 0.15) is 50.5 Å². The van der Waals surface area contributed by atoms with E-state index in [9.17, 15) is 14.4 Å². The summed E-state index contributed by atoms with van der Waals surface area (Å²) in [6.07, 6.45) is 8.18. The van der Waals surface area contributed by atoms with Crippen LogP contribution in [0, 0.1) is 0 Å². The van der Waals surface area contributed by atoms with Gasteiger partial charge in [-0.05, 0) is 24.8 Å². The van der Waals surface area contributed by atoms with Crippen molar-refractivity contribution in [3.8, 4) is 0 Å². The maximum Gasteiger partial charge on any atom is 0.305 e. The first-order chi connectivity index (χ1) is 12.1. The zero-order valence-electron chi connectivity index (χ0n) is 14.6. The van der Waals surface area contributed by atoms with Crippen molar-refractivity contribution < 1.29 is 19.1 Å². The number of Topliss-reactive ketones (excluding diaryl/α,β-unsaturated/α-hetero) is 2. The van der Waals surface area contributed by atoms with E-state index in [0.717, 1.165) is 31.2 Å². The number of carbonyl (C=O) groups excluding carboxylic acids is 3. The molecular weight excluding hydrogens is 316 g/mol. The largest absolute Gasteiger partial charge is 0.469 e. The van der Waals surface area contributed by atoms with Gasteiger partial charge in [0.05, 0.1) is 13.5 Å². The van der Waals surface area contributed by atoms with Gasteiger partial charge in [0, 0.05) is 17.6 Å². The van der Waals surface area contributed by atoms with E-state index in [-0.39, 0.29) is 24.0 Å². The number of methoxy groups -OCH3 is 1. The fourth-order valence-electron chi connectivity index (χ4n) is 2.90. The fourth-order valence-corrected chi connectivity index (χ4v) is 2.90. The topological polar surface area (TPSA) is 60.4 Å². The van der Waals surface area contributed by atoms with Gasteiger partial charge in [-0.2, -0.15) is 0 Å². The molecule has 0 fully saturated rings. The van der Waals surface area contributed by atoms with E-state index < -0.39 is 0 Å². The molecular formula is C21H24O4. The fraction of sp³-hybridized carbons (Fsp3) is 0.381. The third-order valence-electron chi connectivity index (χ3n) is 4.31. The number of allylic oxidation sites excluding steroid dienone is 3. The molecule has 1 aliphatic rings.